The number of hydrogen-bond acceptors (Lipinski definition) is 3. The normalized spacial score (nSPS) is 12.9. The number of esters is 1. The lowest BCUT2D eigenvalue weighted by Gasteiger charge is -2.33. The van der Waals surface area contributed by atoms with E-state index in [4.69, 9.17) is 0 Å². The van der Waals surface area contributed by atoms with Crippen molar-refractivity contribution in [1.82, 2.24) is 0 Å². The number of carbonyl (C=O) groups excluding carboxylic acids is 1. The third kappa shape index (κ3) is 3.02. The standard InChI is InChI=1S/C12H8F6O3/c1-2-9(19)21-8-6-4-3-5-7(8)10(20,11(13,14)15)12(16,17)18/h2-6,20H,1H2. The Morgan fingerprint density at radius 3 is 2.00 bits per heavy atom. The molecular formula is C12H8F6O3. The maximum absolute atomic E-state index is 12.8. The van der Waals surface area contributed by atoms with Crippen LogP contribution in [-0.4, -0.2) is 23.4 Å². The van der Waals surface area contributed by atoms with Crippen molar-refractivity contribution < 1.29 is 41.0 Å². The third-order valence-electron chi connectivity index (χ3n) is 2.47. The van der Waals surface area contributed by atoms with E-state index in [0.717, 1.165) is 12.1 Å². The summed E-state index contributed by atoms with van der Waals surface area (Å²) in [5.74, 6) is -2.34. The van der Waals surface area contributed by atoms with Gasteiger partial charge in [0.2, 0.25) is 0 Å². The molecule has 0 aliphatic rings. The number of rotatable bonds is 3. The van der Waals surface area contributed by atoms with Crippen LogP contribution in [0.3, 0.4) is 0 Å². The molecule has 0 aliphatic heterocycles. The Labute approximate surface area is 114 Å². The van der Waals surface area contributed by atoms with Crippen LogP contribution in [0.25, 0.3) is 0 Å². The smallest absolute Gasteiger partial charge is 0.423 e. The summed E-state index contributed by atoms with van der Waals surface area (Å²) in [6.45, 7) is 2.96. The number of ether oxygens (including phenoxy) is 1. The molecule has 116 valence electrons. The van der Waals surface area contributed by atoms with Gasteiger partial charge in [-0.2, -0.15) is 26.3 Å². The zero-order valence-electron chi connectivity index (χ0n) is 10.1. The molecule has 1 rings (SSSR count). The van der Waals surface area contributed by atoms with Crippen LogP contribution >= 0.6 is 0 Å². The van der Waals surface area contributed by atoms with E-state index in [2.05, 4.69) is 11.3 Å². The molecule has 0 bridgehead atoms. The SMILES string of the molecule is C=CC(=O)Oc1ccccc1C(O)(C(F)(F)F)C(F)(F)F. The molecule has 0 fully saturated rings. The van der Waals surface area contributed by atoms with E-state index in [1.807, 2.05) is 0 Å². The first-order valence-electron chi connectivity index (χ1n) is 5.24. The number of hydrogen-bond donors (Lipinski definition) is 1. The molecule has 0 spiro atoms. The third-order valence-corrected chi connectivity index (χ3v) is 2.47. The molecule has 0 saturated heterocycles. The molecule has 9 heteroatoms. The van der Waals surface area contributed by atoms with Crippen LogP contribution in [0.4, 0.5) is 26.3 Å². The van der Waals surface area contributed by atoms with Crippen molar-refractivity contribution in [3.8, 4) is 5.75 Å². The Morgan fingerprint density at radius 1 is 1.10 bits per heavy atom. The number of benzene rings is 1. The molecule has 21 heavy (non-hydrogen) atoms. The van der Waals surface area contributed by atoms with Gasteiger partial charge in [-0.25, -0.2) is 4.79 Å². The van der Waals surface area contributed by atoms with Crippen LogP contribution in [0.5, 0.6) is 5.75 Å². The molecular weight excluding hydrogens is 306 g/mol. The van der Waals surface area contributed by atoms with E-state index in [0.29, 0.717) is 18.2 Å². The summed E-state index contributed by atoms with van der Waals surface area (Å²) in [5.41, 5.74) is -6.81. The molecule has 0 saturated carbocycles. The van der Waals surface area contributed by atoms with E-state index in [-0.39, 0.29) is 0 Å². The zero-order valence-corrected chi connectivity index (χ0v) is 10.1. The van der Waals surface area contributed by atoms with Gasteiger partial charge in [-0.15, -0.1) is 0 Å². The van der Waals surface area contributed by atoms with Crippen LogP contribution in [0.15, 0.2) is 36.9 Å². The van der Waals surface area contributed by atoms with Crippen LogP contribution in [-0.2, 0) is 10.4 Å². The minimum Gasteiger partial charge on any atom is -0.423 e. The lowest BCUT2D eigenvalue weighted by Crippen LogP contribution is -2.54. The minimum absolute atomic E-state index is 0.368. The second-order valence-corrected chi connectivity index (χ2v) is 3.83. The van der Waals surface area contributed by atoms with Gasteiger partial charge in [-0.05, 0) is 6.07 Å². The van der Waals surface area contributed by atoms with Crippen molar-refractivity contribution in [3.63, 3.8) is 0 Å². The number of carbonyl (C=O) groups is 1. The molecule has 0 radical (unpaired) electrons. The summed E-state index contributed by atoms with van der Waals surface area (Å²) < 4.78 is 80.8. The van der Waals surface area contributed by atoms with E-state index < -0.39 is 35.2 Å². The summed E-state index contributed by atoms with van der Waals surface area (Å²) in [6.07, 6.45) is -11.6. The molecule has 0 aromatic heterocycles. The highest BCUT2D eigenvalue weighted by atomic mass is 19.4. The number of aliphatic hydroxyl groups is 1. The minimum atomic E-state index is -6.07. The van der Waals surface area contributed by atoms with E-state index in [1.54, 1.807) is 0 Å². The average molecular weight is 314 g/mol. The Balaban J connectivity index is 3.54. The highest BCUT2D eigenvalue weighted by Gasteiger charge is 2.72. The van der Waals surface area contributed by atoms with Gasteiger partial charge in [0.1, 0.15) is 5.75 Å². The number of para-hydroxylation sites is 1. The van der Waals surface area contributed by atoms with Gasteiger partial charge in [-0.3, -0.25) is 0 Å². The van der Waals surface area contributed by atoms with Gasteiger partial charge in [0, 0.05) is 11.6 Å². The highest BCUT2D eigenvalue weighted by molar-refractivity contribution is 5.83. The molecule has 0 aliphatic carbocycles. The monoisotopic (exact) mass is 314 g/mol. The second-order valence-electron chi connectivity index (χ2n) is 3.83. The van der Waals surface area contributed by atoms with E-state index in [9.17, 15) is 36.2 Å². The summed E-state index contributed by atoms with van der Waals surface area (Å²) in [6, 6.07) is 2.94. The largest absolute Gasteiger partial charge is 0.430 e. The molecule has 1 aromatic carbocycles. The van der Waals surface area contributed by atoms with Crippen LogP contribution < -0.4 is 4.74 Å². The van der Waals surface area contributed by atoms with Gasteiger partial charge in [0.05, 0.1) is 0 Å². The Kier molecular flexibility index (Phi) is 4.37. The number of halogens is 6. The van der Waals surface area contributed by atoms with Gasteiger partial charge >= 0.3 is 18.3 Å². The topological polar surface area (TPSA) is 46.5 Å². The second kappa shape index (κ2) is 5.40. The first kappa shape index (κ1) is 17.0. The maximum Gasteiger partial charge on any atom is 0.430 e. The maximum atomic E-state index is 12.8. The van der Waals surface area contributed by atoms with Crippen molar-refractivity contribution in [1.29, 1.82) is 0 Å². The van der Waals surface area contributed by atoms with Crippen molar-refractivity contribution in [2.24, 2.45) is 0 Å². The fraction of sp³-hybridized carbons (Fsp3) is 0.250. The van der Waals surface area contributed by atoms with Crippen LogP contribution in [0.1, 0.15) is 5.56 Å². The Hall–Kier alpha value is -2.03. The molecule has 0 heterocycles. The predicted molar refractivity (Wildman–Crippen MR) is 58.3 cm³/mol. The molecule has 1 N–H and O–H groups in total. The molecule has 0 unspecified atom stereocenters. The lowest BCUT2D eigenvalue weighted by molar-refractivity contribution is -0.376. The van der Waals surface area contributed by atoms with Gasteiger partial charge in [-0.1, -0.05) is 24.8 Å². The predicted octanol–water partition coefficient (Wildman–Crippen LogP) is 3.09. The van der Waals surface area contributed by atoms with Crippen LogP contribution in [0, 0.1) is 0 Å². The van der Waals surface area contributed by atoms with Crippen molar-refractivity contribution in [2.45, 2.75) is 18.0 Å². The average Bonchev–Trinajstić information content (AvgIpc) is 2.35. The fourth-order valence-corrected chi connectivity index (χ4v) is 1.47. The lowest BCUT2D eigenvalue weighted by atomic mass is 9.91. The van der Waals surface area contributed by atoms with Gasteiger partial charge < -0.3 is 9.84 Å². The molecule has 1 aromatic rings. The van der Waals surface area contributed by atoms with Gasteiger partial charge in [0.25, 0.3) is 5.60 Å². The first-order chi connectivity index (χ1) is 9.45. The Bertz CT molecular complexity index is 533. The van der Waals surface area contributed by atoms with Crippen molar-refractivity contribution in [3.05, 3.63) is 42.5 Å². The van der Waals surface area contributed by atoms with E-state index in [1.165, 1.54) is 0 Å². The van der Waals surface area contributed by atoms with Crippen LogP contribution in [0.2, 0.25) is 0 Å². The molecule has 3 nitrogen and oxygen atoms in total. The summed E-state index contributed by atoms with van der Waals surface area (Å²) >= 11 is 0. The van der Waals surface area contributed by atoms with Crippen molar-refractivity contribution in [2.75, 3.05) is 0 Å². The molecule has 0 atom stereocenters. The van der Waals surface area contributed by atoms with E-state index >= 15 is 0 Å². The summed E-state index contributed by atoms with van der Waals surface area (Å²) in [7, 11) is 0. The quantitative estimate of drug-likeness (QED) is 0.404. The summed E-state index contributed by atoms with van der Waals surface area (Å²) in [4.78, 5) is 11.0. The van der Waals surface area contributed by atoms with Gasteiger partial charge in [0.15, 0.2) is 0 Å². The van der Waals surface area contributed by atoms with Crippen molar-refractivity contribution >= 4 is 5.97 Å². The fourth-order valence-electron chi connectivity index (χ4n) is 1.47. The summed E-state index contributed by atoms with van der Waals surface area (Å²) in [5, 5.41) is 9.25. The number of alkyl halides is 6. The Morgan fingerprint density at radius 2 is 1.57 bits per heavy atom. The highest BCUT2D eigenvalue weighted by Crippen LogP contribution is 2.52. The zero-order chi connectivity index (χ0) is 16.5. The molecule has 0 amide bonds. The first-order valence-corrected chi connectivity index (χ1v) is 5.24.